The van der Waals surface area contributed by atoms with Crippen LogP contribution in [0.3, 0.4) is 0 Å². The Bertz CT molecular complexity index is 1830. The summed E-state index contributed by atoms with van der Waals surface area (Å²) in [4.78, 5) is 48.3. The van der Waals surface area contributed by atoms with Crippen LogP contribution in [0.5, 0.6) is 0 Å². The zero-order chi connectivity index (χ0) is 30.0. The fourth-order valence-corrected chi connectivity index (χ4v) is 5.99. The topological polar surface area (TPSA) is 123 Å². The summed E-state index contributed by atoms with van der Waals surface area (Å²) in [5.41, 5.74) is 7.17. The zero-order valence-corrected chi connectivity index (χ0v) is 23.6. The average molecular weight is 585 g/mol. The van der Waals surface area contributed by atoms with Crippen molar-refractivity contribution in [2.24, 2.45) is 0 Å². The molecule has 1 amide bonds. The van der Waals surface area contributed by atoms with Gasteiger partial charge in [-0.2, -0.15) is 4.98 Å². The van der Waals surface area contributed by atoms with E-state index >= 15 is 4.39 Å². The van der Waals surface area contributed by atoms with Crippen molar-refractivity contribution in [3.63, 3.8) is 0 Å². The molecule has 2 aliphatic carbocycles. The highest BCUT2D eigenvalue weighted by Gasteiger charge is 2.38. The number of fused-ring (bicyclic) bond motifs is 1. The Labute approximate surface area is 245 Å². The van der Waals surface area contributed by atoms with E-state index in [2.05, 4.69) is 26.5 Å². The van der Waals surface area contributed by atoms with E-state index in [0.29, 0.717) is 36.7 Å². The molecule has 2 saturated carbocycles. The summed E-state index contributed by atoms with van der Waals surface area (Å²) in [6, 6.07) is 6.83. The van der Waals surface area contributed by atoms with Gasteiger partial charge in [-0.25, -0.2) is 33.1 Å². The molecule has 4 heterocycles. The third-order valence-electron chi connectivity index (χ3n) is 8.42. The molecule has 220 valence electrons. The van der Waals surface area contributed by atoms with Crippen LogP contribution in [0.4, 0.5) is 20.5 Å². The second kappa shape index (κ2) is 10.2. The predicted octanol–water partition coefficient (Wildman–Crippen LogP) is 4.08. The maximum Gasteiger partial charge on any atom is 0.355 e. The van der Waals surface area contributed by atoms with Crippen LogP contribution in [0.15, 0.2) is 47.8 Å². The lowest BCUT2D eigenvalue weighted by atomic mass is 10.1. The number of hydrogen-bond donors (Lipinski definition) is 1. The van der Waals surface area contributed by atoms with E-state index in [9.17, 15) is 14.0 Å². The first-order valence-electron chi connectivity index (χ1n) is 14.5. The lowest BCUT2D eigenvalue weighted by Crippen LogP contribution is -2.54. The first-order valence-corrected chi connectivity index (χ1v) is 14.5. The Hall–Kier alpha value is -4.74. The molecule has 1 aromatic carbocycles. The highest BCUT2D eigenvalue weighted by atomic mass is 19.1. The Balaban J connectivity index is 1.50. The molecule has 3 fully saturated rings. The van der Waals surface area contributed by atoms with Crippen LogP contribution in [0.25, 0.3) is 28.0 Å². The van der Waals surface area contributed by atoms with E-state index < -0.39 is 17.3 Å². The molecule has 0 unspecified atom stereocenters. The van der Waals surface area contributed by atoms with Gasteiger partial charge in [-0.1, -0.05) is 18.7 Å². The van der Waals surface area contributed by atoms with Crippen molar-refractivity contribution in [3.05, 3.63) is 76.5 Å². The molecule has 7 rings (SSSR count). The Morgan fingerprint density at radius 3 is 2.28 bits per heavy atom. The Kier molecular flexibility index (Phi) is 6.44. The fraction of sp³-hybridized carbons (Fsp3) is 0.355. The number of nitrogens with two attached hydrogens (primary N) is 1. The lowest BCUT2D eigenvalue weighted by molar-refractivity contribution is -0.126. The highest BCUT2D eigenvalue weighted by Crippen LogP contribution is 2.48. The van der Waals surface area contributed by atoms with Gasteiger partial charge in [0, 0.05) is 43.1 Å². The van der Waals surface area contributed by atoms with Gasteiger partial charge < -0.3 is 15.5 Å². The van der Waals surface area contributed by atoms with E-state index in [1.807, 2.05) is 11.8 Å². The van der Waals surface area contributed by atoms with Crippen LogP contribution in [-0.4, -0.2) is 61.0 Å². The molecule has 3 aliphatic rings. The number of anilines is 2. The van der Waals surface area contributed by atoms with Crippen LogP contribution in [0.1, 0.15) is 55.8 Å². The molecule has 1 atom stereocenters. The van der Waals surface area contributed by atoms with Crippen LogP contribution < -0.4 is 16.3 Å². The van der Waals surface area contributed by atoms with E-state index in [-0.39, 0.29) is 57.8 Å². The van der Waals surface area contributed by atoms with Crippen LogP contribution in [-0.2, 0) is 4.79 Å². The summed E-state index contributed by atoms with van der Waals surface area (Å²) < 4.78 is 32.2. The van der Waals surface area contributed by atoms with Gasteiger partial charge in [-0.05, 0) is 56.9 Å². The minimum Gasteiger partial charge on any atom is -0.368 e. The summed E-state index contributed by atoms with van der Waals surface area (Å²) in [7, 11) is 0. The largest absolute Gasteiger partial charge is 0.368 e. The summed E-state index contributed by atoms with van der Waals surface area (Å²) in [5.74, 6) is -0.994. The number of carbonyl (C=O) groups excluding carboxylic acids is 1. The molecule has 2 N–H and O–H groups in total. The van der Waals surface area contributed by atoms with Gasteiger partial charge >= 0.3 is 5.69 Å². The lowest BCUT2D eigenvalue weighted by Gasteiger charge is -2.40. The number of carbonyl (C=O) groups is 1. The Morgan fingerprint density at radius 2 is 1.67 bits per heavy atom. The summed E-state index contributed by atoms with van der Waals surface area (Å²) >= 11 is 0. The number of halogens is 2. The van der Waals surface area contributed by atoms with Crippen molar-refractivity contribution in [3.8, 4) is 16.9 Å². The van der Waals surface area contributed by atoms with Gasteiger partial charge in [0.05, 0.1) is 22.5 Å². The summed E-state index contributed by atoms with van der Waals surface area (Å²) in [6.45, 7) is 6.57. The van der Waals surface area contributed by atoms with Crippen LogP contribution >= 0.6 is 0 Å². The predicted molar refractivity (Wildman–Crippen MR) is 158 cm³/mol. The molecule has 3 aromatic heterocycles. The number of amides is 1. The first-order chi connectivity index (χ1) is 20.7. The van der Waals surface area contributed by atoms with Gasteiger partial charge in [0.2, 0.25) is 11.9 Å². The number of nitrogen functional groups attached to an aromatic ring is 1. The van der Waals surface area contributed by atoms with E-state index in [1.54, 1.807) is 11.0 Å². The normalized spacial score (nSPS) is 18.7. The van der Waals surface area contributed by atoms with Crippen LogP contribution in [0, 0.1) is 11.6 Å². The smallest absolute Gasteiger partial charge is 0.355 e. The molecule has 4 aromatic rings. The maximum atomic E-state index is 15.9. The summed E-state index contributed by atoms with van der Waals surface area (Å²) in [5, 5.41) is 0.285. The van der Waals surface area contributed by atoms with Crippen molar-refractivity contribution < 1.29 is 13.6 Å². The van der Waals surface area contributed by atoms with Crippen molar-refractivity contribution in [2.45, 2.75) is 50.5 Å². The third kappa shape index (κ3) is 4.70. The van der Waals surface area contributed by atoms with E-state index in [4.69, 9.17) is 5.73 Å². The zero-order valence-electron chi connectivity index (χ0n) is 23.6. The van der Waals surface area contributed by atoms with E-state index in [1.165, 1.54) is 34.9 Å². The average Bonchev–Trinajstić information content (AvgIpc) is 3.91. The standard InChI is InChI=1S/C31H30F2N8O2/c1-3-23(42)39-12-13-40(16(2)15-39)28-20-14-22(33)26(19-6-4-5-7-21(19)32)35-29(20)41(31(43)38-28)27-24(17-8-9-17)36-30(34)37-25(27)18-10-11-18/h3-7,14,16-18H,1,8-13,15H2,2H3,(H2,34,36,37)/t16-/m0/s1. The molecule has 12 heteroatoms. The molecule has 0 spiro atoms. The first kappa shape index (κ1) is 27.1. The quantitative estimate of drug-likeness (QED) is 0.337. The Morgan fingerprint density at radius 1 is 1.00 bits per heavy atom. The monoisotopic (exact) mass is 584 g/mol. The number of hydrogen-bond acceptors (Lipinski definition) is 8. The number of nitrogens with zero attached hydrogens (tertiary/aromatic N) is 7. The van der Waals surface area contributed by atoms with Gasteiger partial charge in [-0.15, -0.1) is 0 Å². The van der Waals surface area contributed by atoms with Gasteiger partial charge in [0.25, 0.3) is 0 Å². The number of aromatic nitrogens is 5. The minimum absolute atomic E-state index is 0.0254. The summed E-state index contributed by atoms with van der Waals surface area (Å²) in [6.07, 6.45) is 4.82. The number of benzene rings is 1. The number of piperazine rings is 1. The van der Waals surface area contributed by atoms with Crippen molar-refractivity contribution >= 4 is 28.7 Å². The highest BCUT2D eigenvalue weighted by molar-refractivity contribution is 5.91. The van der Waals surface area contributed by atoms with Gasteiger partial charge in [-0.3, -0.25) is 4.79 Å². The SMILES string of the molecule is C=CC(=O)N1CCN(c2nc(=O)n(-c3c(C4CC4)nc(N)nc3C3CC3)c3nc(-c4ccccc4F)c(F)cc23)[C@@H](C)C1. The van der Waals surface area contributed by atoms with Gasteiger partial charge in [0.1, 0.15) is 23.1 Å². The maximum absolute atomic E-state index is 15.9. The number of rotatable bonds is 6. The minimum atomic E-state index is -0.752. The second-order valence-corrected chi connectivity index (χ2v) is 11.5. The second-order valence-electron chi connectivity index (χ2n) is 11.5. The molecule has 1 saturated heterocycles. The molecule has 0 bridgehead atoms. The van der Waals surface area contributed by atoms with Gasteiger partial charge in [0.15, 0.2) is 5.65 Å². The number of pyridine rings is 1. The molecule has 10 nitrogen and oxygen atoms in total. The van der Waals surface area contributed by atoms with Crippen LogP contribution in [0.2, 0.25) is 0 Å². The molecular weight excluding hydrogens is 554 g/mol. The van der Waals surface area contributed by atoms with Crippen molar-refractivity contribution in [2.75, 3.05) is 30.3 Å². The molecule has 1 aliphatic heterocycles. The van der Waals surface area contributed by atoms with E-state index in [0.717, 1.165) is 25.7 Å². The molecule has 43 heavy (non-hydrogen) atoms. The van der Waals surface area contributed by atoms with Crippen molar-refractivity contribution in [1.82, 2.24) is 29.4 Å². The molecular formula is C31H30F2N8O2. The van der Waals surface area contributed by atoms with Crippen molar-refractivity contribution in [1.29, 1.82) is 0 Å². The molecule has 0 radical (unpaired) electrons. The fourth-order valence-electron chi connectivity index (χ4n) is 5.99. The third-order valence-corrected chi connectivity index (χ3v) is 8.42.